The predicted molar refractivity (Wildman–Crippen MR) is 115 cm³/mol. The number of benzene rings is 3. The number of amides is 1. The summed E-state index contributed by atoms with van der Waals surface area (Å²) in [4.78, 5) is 13.2. The standard InChI is InChI=1S/C23H17F5N2O4S/c24-17-6-9-20(19(25)11-17)35(33,34)29-18-7-4-14(5-8-18)21(31)30-12-22(32,13-30)15-2-1-3-16(10-15)23(26,27)28/h1-11,29,32H,12-13H2. The molecule has 0 radical (unpaired) electrons. The third-order valence-electron chi connectivity index (χ3n) is 5.49. The van der Waals surface area contributed by atoms with E-state index in [4.69, 9.17) is 0 Å². The summed E-state index contributed by atoms with van der Waals surface area (Å²) in [6.07, 6.45) is -4.57. The first-order valence-electron chi connectivity index (χ1n) is 10.1. The fraction of sp³-hybridized carbons (Fsp3) is 0.174. The van der Waals surface area contributed by atoms with Crippen molar-refractivity contribution >= 4 is 21.6 Å². The summed E-state index contributed by atoms with van der Waals surface area (Å²) in [6, 6.07) is 11.4. The summed E-state index contributed by atoms with van der Waals surface area (Å²) < 4.78 is 92.6. The quantitative estimate of drug-likeness (QED) is 0.504. The zero-order valence-corrected chi connectivity index (χ0v) is 18.5. The molecule has 184 valence electrons. The molecule has 0 aliphatic carbocycles. The minimum Gasteiger partial charge on any atom is -0.381 e. The molecule has 35 heavy (non-hydrogen) atoms. The second-order valence-electron chi connectivity index (χ2n) is 8.03. The lowest BCUT2D eigenvalue weighted by atomic mass is 9.85. The van der Waals surface area contributed by atoms with Crippen LogP contribution in [0.25, 0.3) is 0 Å². The van der Waals surface area contributed by atoms with Crippen LogP contribution >= 0.6 is 0 Å². The van der Waals surface area contributed by atoms with Gasteiger partial charge in [0, 0.05) is 17.3 Å². The lowest BCUT2D eigenvalue weighted by Crippen LogP contribution is -2.61. The summed E-state index contributed by atoms with van der Waals surface area (Å²) in [5.74, 6) is -2.73. The van der Waals surface area contributed by atoms with Crippen LogP contribution in [0.5, 0.6) is 0 Å². The number of nitrogens with one attached hydrogen (secondary N) is 1. The Kier molecular flexibility index (Phi) is 6.05. The first-order valence-corrected chi connectivity index (χ1v) is 11.5. The van der Waals surface area contributed by atoms with Crippen LogP contribution in [0.15, 0.2) is 71.6 Å². The smallest absolute Gasteiger partial charge is 0.381 e. The maximum atomic E-state index is 13.8. The van der Waals surface area contributed by atoms with Crippen LogP contribution in [0.2, 0.25) is 0 Å². The second-order valence-corrected chi connectivity index (χ2v) is 9.68. The maximum Gasteiger partial charge on any atom is 0.416 e. The number of nitrogens with zero attached hydrogens (tertiary/aromatic N) is 1. The number of β-amino-alcohol motifs (C(OH)–C–C–N with tert-alkyl or cyclic N) is 1. The Morgan fingerprint density at radius 2 is 1.63 bits per heavy atom. The van der Waals surface area contributed by atoms with Gasteiger partial charge in [-0.25, -0.2) is 17.2 Å². The van der Waals surface area contributed by atoms with Gasteiger partial charge in [-0.1, -0.05) is 12.1 Å². The molecule has 3 aromatic carbocycles. The summed E-state index contributed by atoms with van der Waals surface area (Å²) in [5, 5.41) is 10.7. The lowest BCUT2D eigenvalue weighted by molar-refractivity contribution is -0.138. The van der Waals surface area contributed by atoms with Crippen LogP contribution in [0.3, 0.4) is 0 Å². The number of sulfonamides is 1. The number of anilines is 1. The van der Waals surface area contributed by atoms with Gasteiger partial charge in [0.25, 0.3) is 15.9 Å². The molecule has 0 spiro atoms. The number of alkyl halides is 3. The number of aliphatic hydroxyl groups is 1. The van der Waals surface area contributed by atoms with E-state index in [0.717, 1.165) is 24.3 Å². The first kappa shape index (κ1) is 24.6. The Morgan fingerprint density at radius 3 is 2.23 bits per heavy atom. The number of halogens is 5. The predicted octanol–water partition coefficient (Wildman–Crippen LogP) is 4.13. The summed E-state index contributed by atoms with van der Waals surface area (Å²) in [5.41, 5.74) is -2.37. The van der Waals surface area contributed by atoms with E-state index < -0.39 is 49.8 Å². The van der Waals surface area contributed by atoms with Gasteiger partial charge in [-0.3, -0.25) is 9.52 Å². The number of likely N-dealkylation sites (tertiary alicyclic amines) is 1. The molecule has 0 bridgehead atoms. The number of carbonyl (C=O) groups excluding carboxylic acids is 1. The minimum atomic E-state index is -4.57. The van der Waals surface area contributed by atoms with Crippen LogP contribution in [-0.2, 0) is 21.8 Å². The van der Waals surface area contributed by atoms with Gasteiger partial charge < -0.3 is 10.0 Å². The van der Waals surface area contributed by atoms with Crippen molar-refractivity contribution in [1.82, 2.24) is 4.90 Å². The van der Waals surface area contributed by atoms with E-state index in [2.05, 4.69) is 4.72 Å². The normalized spacial score (nSPS) is 15.4. The van der Waals surface area contributed by atoms with E-state index in [0.29, 0.717) is 6.07 Å². The molecule has 2 N–H and O–H groups in total. The van der Waals surface area contributed by atoms with Gasteiger partial charge in [-0.2, -0.15) is 13.2 Å². The van der Waals surface area contributed by atoms with Gasteiger partial charge in [0.1, 0.15) is 22.1 Å². The SMILES string of the molecule is O=C(c1ccc(NS(=O)(=O)c2ccc(F)cc2F)cc1)N1CC(O)(c2cccc(C(F)(F)F)c2)C1. The largest absolute Gasteiger partial charge is 0.416 e. The molecule has 1 fully saturated rings. The third-order valence-corrected chi connectivity index (χ3v) is 6.90. The Labute approximate surface area is 196 Å². The minimum absolute atomic E-state index is 0.00866. The van der Waals surface area contributed by atoms with Crippen molar-refractivity contribution in [3.05, 3.63) is 95.1 Å². The molecule has 1 saturated heterocycles. The van der Waals surface area contributed by atoms with Crippen molar-refractivity contribution in [1.29, 1.82) is 0 Å². The Morgan fingerprint density at radius 1 is 0.971 bits per heavy atom. The van der Waals surface area contributed by atoms with Crippen molar-refractivity contribution in [3.63, 3.8) is 0 Å². The molecule has 6 nitrogen and oxygen atoms in total. The number of hydrogen-bond donors (Lipinski definition) is 2. The van der Waals surface area contributed by atoms with Crippen molar-refractivity contribution < 1.29 is 40.3 Å². The van der Waals surface area contributed by atoms with Crippen molar-refractivity contribution in [2.75, 3.05) is 17.8 Å². The molecule has 1 aliphatic heterocycles. The monoisotopic (exact) mass is 512 g/mol. The molecule has 1 aliphatic rings. The topological polar surface area (TPSA) is 86.7 Å². The number of rotatable bonds is 5. The van der Waals surface area contributed by atoms with E-state index >= 15 is 0 Å². The lowest BCUT2D eigenvalue weighted by Gasteiger charge is -2.46. The van der Waals surface area contributed by atoms with E-state index in [1.165, 1.54) is 41.3 Å². The molecular weight excluding hydrogens is 495 g/mol. The Balaban J connectivity index is 1.43. The van der Waals surface area contributed by atoms with E-state index in [-0.39, 0.29) is 29.9 Å². The van der Waals surface area contributed by atoms with Crippen molar-refractivity contribution in [3.8, 4) is 0 Å². The summed E-state index contributed by atoms with van der Waals surface area (Å²) in [7, 11) is -4.36. The fourth-order valence-electron chi connectivity index (χ4n) is 3.66. The highest BCUT2D eigenvalue weighted by molar-refractivity contribution is 7.92. The van der Waals surface area contributed by atoms with Crippen LogP contribution in [0.4, 0.5) is 27.6 Å². The maximum absolute atomic E-state index is 13.8. The highest BCUT2D eigenvalue weighted by Crippen LogP contribution is 2.36. The molecule has 0 aromatic heterocycles. The molecule has 4 rings (SSSR count). The summed E-state index contributed by atoms with van der Waals surface area (Å²) >= 11 is 0. The molecule has 12 heteroatoms. The van der Waals surface area contributed by atoms with Crippen LogP contribution in [0, 0.1) is 11.6 Å². The van der Waals surface area contributed by atoms with Crippen LogP contribution in [-0.4, -0.2) is 37.4 Å². The Bertz CT molecular complexity index is 1390. The van der Waals surface area contributed by atoms with Gasteiger partial charge in [0.05, 0.1) is 18.7 Å². The third kappa shape index (κ3) is 4.98. The second kappa shape index (κ2) is 8.61. The Hall–Kier alpha value is -3.51. The van der Waals surface area contributed by atoms with Crippen molar-refractivity contribution in [2.45, 2.75) is 16.7 Å². The highest BCUT2D eigenvalue weighted by atomic mass is 32.2. The van der Waals surface area contributed by atoms with Gasteiger partial charge >= 0.3 is 6.18 Å². The van der Waals surface area contributed by atoms with E-state index in [1.54, 1.807) is 0 Å². The molecule has 0 unspecified atom stereocenters. The average Bonchev–Trinajstić information content (AvgIpc) is 2.76. The molecule has 0 atom stereocenters. The van der Waals surface area contributed by atoms with Crippen LogP contribution < -0.4 is 4.72 Å². The number of carbonyl (C=O) groups is 1. The van der Waals surface area contributed by atoms with Crippen molar-refractivity contribution in [2.24, 2.45) is 0 Å². The van der Waals surface area contributed by atoms with Gasteiger partial charge in [-0.15, -0.1) is 0 Å². The highest BCUT2D eigenvalue weighted by Gasteiger charge is 2.46. The molecule has 0 saturated carbocycles. The molecule has 1 heterocycles. The number of hydrogen-bond acceptors (Lipinski definition) is 4. The zero-order chi connectivity index (χ0) is 25.6. The molecular formula is C23H17F5N2O4S. The van der Waals surface area contributed by atoms with E-state index in [9.17, 15) is 40.3 Å². The zero-order valence-electron chi connectivity index (χ0n) is 17.7. The van der Waals surface area contributed by atoms with Gasteiger partial charge in [0.15, 0.2) is 0 Å². The average molecular weight is 512 g/mol. The van der Waals surface area contributed by atoms with Crippen LogP contribution in [0.1, 0.15) is 21.5 Å². The molecule has 1 amide bonds. The fourth-order valence-corrected chi connectivity index (χ4v) is 4.78. The molecule has 3 aromatic rings. The van der Waals surface area contributed by atoms with E-state index in [1.807, 2.05) is 0 Å². The summed E-state index contributed by atoms with van der Waals surface area (Å²) in [6.45, 7) is -0.462. The van der Waals surface area contributed by atoms with Gasteiger partial charge in [0.2, 0.25) is 0 Å². The first-order chi connectivity index (χ1) is 16.3. The van der Waals surface area contributed by atoms with Gasteiger partial charge in [-0.05, 0) is 54.1 Å².